The molecule has 0 aromatic heterocycles. The van der Waals surface area contributed by atoms with E-state index in [1.54, 1.807) is 12.1 Å². The molecule has 21 heavy (non-hydrogen) atoms. The van der Waals surface area contributed by atoms with Gasteiger partial charge in [-0.3, -0.25) is 4.31 Å². The lowest BCUT2D eigenvalue weighted by atomic mass is 10.2. The van der Waals surface area contributed by atoms with Gasteiger partial charge in [-0.15, -0.1) is 0 Å². The number of nitrogens with zero attached hydrogens (tertiary/aromatic N) is 1. The van der Waals surface area contributed by atoms with E-state index >= 15 is 0 Å². The SMILES string of the molecule is O=S(=O)(Cc1ccc(F)cc1)N1CCc2cccc(F)c21. The number of rotatable bonds is 3. The zero-order valence-electron chi connectivity index (χ0n) is 11.1. The molecule has 0 saturated heterocycles. The standard InChI is InChI=1S/C15H13F2NO2S/c16-13-6-4-11(5-7-13)10-21(19,20)18-9-8-12-2-1-3-14(17)15(12)18/h1-7H,8-10H2. The summed E-state index contributed by atoms with van der Waals surface area (Å²) in [6, 6.07) is 9.82. The van der Waals surface area contributed by atoms with E-state index in [1.807, 2.05) is 0 Å². The van der Waals surface area contributed by atoms with Crippen LogP contribution in [0.3, 0.4) is 0 Å². The van der Waals surface area contributed by atoms with Crippen LogP contribution in [0, 0.1) is 11.6 Å². The van der Waals surface area contributed by atoms with E-state index in [0.717, 1.165) is 4.31 Å². The van der Waals surface area contributed by atoms with Gasteiger partial charge in [0.15, 0.2) is 0 Å². The number of halogens is 2. The number of hydrogen-bond acceptors (Lipinski definition) is 2. The summed E-state index contributed by atoms with van der Waals surface area (Å²) in [7, 11) is -3.69. The molecule has 0 aliphatic carbocycles. The molecule has 6 heteroatoms. The molecular weight excluding hydrogens is 296 g/mol. The van der Waals surface area contributed by atoms with Gasteiger partial charge in [0.1, 0.15) is 11.6 Å². The summed E-state index contributed by atoms with van der Waals surface area (Å²) in [5, 5.41) is 0. The first-order valence-corrected chi connectivity index (χ1v) is 8.10. The van der Waals surface area contributed by atoms with Crippen molar-refractivity contribution in [3.63, 3.8) is 0 Å². The third-order valence-corrected chi connectivity index (χ3v) is 5.24. The summed E-state index contributed by atoms with van der Waals surface area (Å²) in [5.41, 5.74) is 1.30. The first kappa shape index (κ1) is 14.0. The normalized spacial score (nSPS) is 14.3. The minimum absolute atomic E-state index is 0.139. The molecule has 0 amide bonds. The maximum absolute atomic E-state index is 13.9. The molecule has 0 fully saturated rings. The van der Waals surface area contributed by atoms with E-state index < -0.39 is 21.7 Å². The Balaban J connectivity index is 1.93. The fraction of sp³-hybridized carbons (Fsp3) is 0.200. The van der Waals surface area contributed by atoms with Crippen LogP contribution < -0.4 is 4.31 Å². The zero-order chi connectivity index (χ0) is 15.0. The lowest BCUT2D eigenvalue weighted by Gasteiger charge is -2.20. The van der Waals surface area contributed by atoms with Gasteiger partial charge in [-0.25, -0.2) is 17.2 Å². The van der Waals surface area contributed by atoms with E-state index in [2.05, 4.69) is 0 Å². The second kappa shape index (κ2) is 5.11. The van der Waals surface area contributed by atoms with Crippen molar-refractivity contribution in [2.75, 3.05) is 10.8 Å². The van der Waals surface area contributed by atoms with Gasteiger partial charge in [0, 0.05) is 6.54 Å². The Hall–Kier alpha value is -1.95. The quantitative estimate of drug-likeness (QED) is 0.874. The highest BCUT2D eigenvalue weighted by Crippen LogP contribution is 2.33. The van der Waals surface area contributed by atoms with Crippen LogP contribution in [0.2, 0.25) is 0 Å². The summed E-state index contributed by atoms with van der Waals surface area (Å²) >= 11 is 0. The lowest BCUT2D eigenvalue weighted by molar-refractivity contribution is 0.587. The van der Waals surface area contributed by atoms with Crippen molar-refractivity contribution >= 4 is 15.7 Å². The van der Waals surface area contributed by atoms with Gasteiger partial charge in [0.2, 0.25) is 10.0 Å². The molecule has 0 unspecified atom stereocenters. The monoisotopic (exact) mass is 309 g/mol. The van der Waals surface area contributed by atoms with Crippen molar-refractivity contribution in [3.8, 4) is 0 Å². The van der Waals surface area contributed by atoms with E-state index in [9.17, 15) is 17.2 Å². The van der Waals surface area contributed by atoms with Crippen LogP contribution in [-0.4, -0.2) is 15.0 Å². The largest absolute Gasteiger partial charge is 0.266 e. The summed E-state index contributed by atoms with van der Waals surface area (Å²) in [4.78, 5) is 0. The molecular formula is C15H13F2NO2S. The fourth-order valence-corrected chi connectivity index (χ4v) is 4.14. The summed E-state index contributed by atoms with van der Waals surface area (Å²) in [6.45, 7) is 0.236. The maximum atomic E-state index is 13.9. The van der Waals surface area contributed by atoms with E-state index in [4.69, 9.17) is 0 Å². The van der Waals surface area contributed by atoms with Crippen LogP contribution in [0.4, 0.5) is 14.5 Å². The molecule has 2 aromatic rings. The van der Waals surface area contributed by atoms with Crippen molar-refractivity contribution in [2.24, 2.45) is 0 Å². The highest BCUT2D eigenvalue weighted by molar-refractivity contribution is 7.92. The van der Waals surface area contributed by atoms with Gasteiger partial charge in [-0.2, -0.15) is 0 Å². The van der Waals surface area contributed by atoms with Crippen LogP contribution in [0.5, 0.6) is 0 Å². The first-order valence-electron chi connectivity index (χ1n) is 6.49. The van der Waals surface area contributed by atoms with Crippen LogP contribution in [-0.2, 0) is 22.2 Å². The minimum Gasteiger partial charge on any atom is -0.266 e. The van der Waals surface area contributed by atoms with Crippen molar-refractivity contribution in [1.29, 1.82) is 0 Å². The topological polar surface area (TPSA) is 37.4 Å². The molecule has 0 spiro atoms. The number of hydrogen-bond donors (Lipinski definition) is 0. The molecule has 110 valence electrons. The summed E-state index contributed by atoms with van der Waals surface area (Å²) in [5.74, 6) is -1.23. The highest BCUT2D eigenvalue weighted by Gasteiger charge is 2.31. The van der Waals surface area contributed by atoms with Gasteiger partial charge in [-0.05, 0) is 35.7 Å². The molecule has 0 radical (unpaired) electrons. The van der Waals surface area contributed by atoms with Crippen LogP contribution >= 0.6 is 0 Å². The number of benzene rings is 2. The highest BCUT2D eigenvalue weighted by atomic mass is 32.2. The Morgan fingerprint density at radius 2 is 1.76 bits per heavy atom. The molecule has 3 nitrogen and oxygen atoms in total. The second-order valence-corrected chi connectivity index (χ2v) is 6.85. The van der Waals surface area contributed by atoms with Gasteiger partial charge >= 0.3 is 0 Å². The molecule has 3 rings (SSSR count). The van der Waals surface area contributed by atoms with Crippen LogP contribution in [0.25, 0.3) is 0 Å². The first-order chi connectivity index (χ1) is 9.97. The van der Waals surface area contributed by atoms with Crippen molar-refractivity contribution in [1.82, 2.24) is 0 Å². The minimum atomic E-state index is -3.69. The Morgan fingerprint density at radius 3 is 2.48 bits per heavy atom. The Morgan fingerprint density at radius 1 is 1.05 bits per heavy atom. The molecule has 0 N–H and O–H groups in total. The molecule has 2 aromatic carbocycles. The maximum Gasteiger partial charge on any atom is 0.239 e. The number of sulfonamides is 1. The second-order valence-electron chi connectivity index (χ2n) is 4.95. The van der Waals surface area contributed by atoms with Crippen LogP contribution in [0.15, 0.2) is 42.5 Å². The Labute approximate surface area is 121 Å². The molecule has 0 atom stereocenters. The van der Waals surface area contributed by atoms with Gasteiger partial charge < -0.3 is 0 Å². The van der Waals surface area contributed by atoms with E-state index in [-0.39, 0.29) is 18.0 Å². The number of fused-ring (bicyclic) bond motifs is 1. The molecule has 0 saturated carbocycles. The van der Waals surface area contributed by atoms with E-state index in [0.29, 0.717) is 17.5 Å². The summed E-state index contributed by atoms with van der Waals surface area (Å²) in [6.07, 6.45) is 0.496. The third-order valence-electron chi connectivity index (χ3n) is 3.50. The fourth-order valence-electron chi connectivity index (χ4n) is 2.52. The van der Waals surface area contributed by atoms with Gasteiger partial charge in [0.25, 0.3) is 0 Å². The lowest BCUT2D eigenvalue weighted by Crippen LogP contribution is -2.30. The zero-order valence-corrected chi connectivity index (χ0v) is 11.9. The summed E-state index contributed by atoms with van der Waals surface area (Å²) < 4.78 is 52.8. The molecule has 0 bridgehead atoms. The predicted molar refractivity (Wildman–Crippen MR) is 76.5 cm³/mol. The Bertz CT molecular complexity index is 773. The van der Waals surface area contributed by atoms with Crippen LogP contribution in [0.1, 0.15) is 11.1 Å². The average Bonchev–Trinajstić information content (AvgIpc) is 2.87. The number of anilines is 1. The molecule has 1 heterocycles. The third kappa shape index (κ3) is 2.63. The van der Waals surface area contributed by atoms with E-state index in [1.165, 1.54) is 30.3 Å². The molecule has 1 aliphatic rings. The molecule has 1 aliphatic heterocycles. The van der Waals surface area contributed by atoms with Crippen molar-refractivity contribution in [2.45, 2.75) is 12.2 Å². The Kier molecular flexibility index (Phi) is 3.41. The van der Waals surface area contributed by atoms with Gasteiger partial charge in [0.05, 0.1) is 11.4 Å². The van der Waals surface area contributed by atoms with Gasteiger partial charge in [-0.1, -0.05) is 24.3 Å². The predicted octanol–water partition coefficient (Wildman–Crippen LogP) is 2.86. The smallest absolute Gasteiger partial charge is 0.239 e. The van der Waals surface area contributed by atoms with Crippen molar-refractivity contribution in [3.05, 3.63) is 65.2 Å². The number of para-hydroxylation sites is 1. The van der Waals surface area contributed by atoms with Crippen molar-refractivity contribution < 1.29 is 17.2 Å². The average molecular weight is 309 g/mol.